The molecule has 202 valence electrons. The van der Waals surface area contributed by atoms with Gasteiger partial charge in [0.1, 0.15) is 5.56 Å². The summed E-state index contributed by atoms with van der Waals surface area (Å²) >= 11 is 0. The maximum atomic E-state index is 13.2. The van der Waals surface area contributed by atoms with E-state index in [4.69, 9.17) is 4.74 Å². The Balaban J connectivity index is 1.23. The number of nitrogens with one attached hydrogen (secondary N) is 2. The number of carbonyl (C=O) groups excluding carboxylic acids is 1. The number of anilines is 2. The minimum Gasteiger partial charge on any atom is -0.379 e. The molecule has 1 saturated carbocycles. The number of nitrogens with zero attached hydrogens (tertiary/aromatic N) is 5. The zero-order valence-corrected chi connectivity index (χ0v) is 21.1. The summed E-state index contributed by atoms with van der Waals surface area (Å²) in [6.07, 6.45) is 2.43. The van der Waals surface area contributed by atoms with Crippen molar-refractivity contribution in [1.29, 1.82) is 0 Å². The molecule has 3 atom stereocenters. The van der Waals surface area contributed by atoms with Crippen molar-refractivity contribution in [1.82, 2.24) is 25.1 Å². The largest absolute Gasteiger partial charge is 0.423 e. The molecular formula is C24H32F3N7O3. The lowest BCUT2D eigenvalue weighted by molar-refractivity contribution is -0.138. The van der Waals surface area contributed by atoms with Gasteiger partial charge in [-0.3, -0.25) is 9.59 Å². The van der Waals surface area contributed by atoms with Gasteiger partial charge in [-0.25, -0.2) is 15.1 Å². The van der Waals surface area contributed by atoms with Crippen LogP contribution in [0.1, 0.15) is 57.1 Å². The van der Waals surface area contributed by atoms with E-state index in [9.17, 15) is 22.8 Å². The molecular weight excluding hydrogens is 491 g/mol. The van der Waals surface area contributed by atoms with E-state index in [1.165, 1.54) is 18.4 Å². The number of hydrogen-bond acceptors (Lipinski definition) is 8. The zero-order valence-electron chi connectivity index (χ0n) is 21.1. The van der Waals surface area contributed by atoms with E-state index < -0.39 is 29.0 Å². The highest BCUT2D eigenvalue weighted by Gasteiger charge is 2.38. The van der Waals surface area contributed by atoms with Gasteiger partial charge in [0.15, 0.2) is 0 Å². The van der Waals surface area contributed by atoms with Crippen molar-refractivity contribution in [3.05, 3.63) is 40.1 Å². The molecule has 2 aromatic rings. The van der Waals surface area contributed by atoms with Crippen LogP contribution in [0.15, 0.2) is 23.4 Å². The molecule has 10 nitrogen and oxygen atoms in total. The molecule has 1 saturated heterocycles. The lowest BCUT2D eigenvalue weighted by Gasteiger charge is -2.44. The Bertz CT molecular complexity index is 1130. The topological polar surface area (TPSA) is 116 Å². The summed E-state index contributed by atoms with van der Waals surface area (Å²) in [5.74, 6) is 1.21. The molecule has 0 bridgehead atoms. The van der Waals surface area contributed by atoms with E-state index in [0.717, 1.165) is 6.20 Å². The summed E-state index contributed by atoms with van der Waals surface area (Å²) in [7, 11) is 0. The highest BCUT2D eigenvalue weighted by Crippen LogP contribution is 2.39. The SMILES string of the molecule is CC(COCCC(=O)N1C(C)CN(c2ncc(C3CC3)cn2)CC1C)Nc1cn[nH]c(=O)c1C(F)(F)F. The zero-order chi connectivity index (χ0) is 26.7. The monoisotopic (exact) mass is 523 g/mol. The van der Waals surface area contributed by atoms with Crippen LogP contribution in [0.2, 0.25) is 0 Å². The standard InChI is InChI=1S/C24H32F3N7O3/c1-14(31-19-10-30-32-22(36)21(19)24(25,26)27)13-37-7-6-20(35)34-15(2)11-33(12-16(34)3)23-28-8-18(9-29-23)17-4-5-17/h8-10,14-17H,4-7,11-13H2,1-3H3,(H2,31,32,36). The Morgan fingerprint density at radius 1 is 1.19 bits per heavy atom. The Labute approximate surface area is 212 Å². The number of ether oxygens (including phenoxy) is 1. The van der Waals surface area contributed by atoms with E-state index in [-0.39, 0.29) is 37.6 Å². The number of halogens is 3. The average molecular weight is 524 g/mol. The maximum absolute atomic E-state index is 13.2. The fraction of sp³-hybridized carbons (Fsp3) is 0.625. The smallest absolute Gasteiger partial charge is 0.379 e. The number of carbonyl (C=O) groups is 1. The fourth-order valence-electron chi connectivity index (χ4n) is 4.74. The fourth-order valence-corrected chi connectivity index (χ4v) is 4.74. The van der Waals surface area contributed by atoms with E-state index in [2.05, 4.69) is 25.3 Å². The number of aromatic nitrogens is 4. The van der Waals surface area contributed by atoms with Crippen molar-refractivity contribution >= 4 is 17.5 Å². The second-order valence-electron chi connectivity index (χ2n) is 9.85. The lowest BCUT2D eigenvalue weighted by Crippen LogP contribution is -2.59. The Hall–Kier alpha value is -3.22. The summed E-state index contributed by atoms with van der Waals surface area (Å²) in [4.78, 5) is 37.5. The molecule has 0 spiro atoms. The third kappa shape index (κ3) is 6.56. The normalized spacial score (nSPS) is 21.1. The first-order chi connectivity index (χ1) is 17.5. The van der Waals surface area contributed by atoms with Crippen LogP contribution in [0.5, 0.6) is 0 Å². The van der Waals surface area contributed by atoms with Gasteiger partial charge >= 0.3 is 6.18 Å². The first-order valence-corrected chi connectivity index (χ1v) is 12.4. The number of aromatic amines is 1. The van der Waals surface area contributed by atoms with Crippen LogP contribution in [0.3, 0.4) is 0 Å². The molecule has 2 N–H and O–H groups in total. The van der Waals surface area contributed by atoms with Crippen LogP contribution in [-0.2, 0) is 15.7 Å². The molecule has 1 aliphatic heterocycles. The van der Waals surface area contributed by atoms with Crippen molar-refractivity contribution < 1.29 is 22.7 Å². The van der Waals surface area contributed by atoms with E-state index in [1.807, 2.05) is 31.1 Å². The van der Waals surface area contributed by atoms with Gasteiger partial charge in [0.25, 0.3) is 5.56 Å². The number of piperazine rings is 1. The minimum atomic E-state index is -4.82. The van der Waals surface area contributed by atoms with Gasteiger partial charge in [-0.05, 0) is 45.1 Å². The summed E-state index contributed by atoms with van der Waals surface area (Å²) in [6.45, 7) is 6.99. The predicted octanol–water partition coefficient (Wildman–Crippen LogP) is 2.79. The van der Waals surface area contributed by atoms with Crippen molar-refractivity contribution in [2.24, 2.45) is 0 Å². The van der Waals surface area contributed by atoms with Crippen molar-refractivity contribution in [2.75, 3.05) is 36.5 Å². The quantitative estimate of drug-likeness (QED) is 0.482. The van der Waals surface area contributed by atoms with Crippen molar-refractivity contribution in [3.63, 3.8) is 0 Å². The van der Waals surface area contributed by atoms with Crippen LogP contribution in [0.4, 0.5) is 24.8 Å². The van der Waals surface area contributed by atoms with Crippen LogP contribution < -0.4 is 15.8 Å². The van der Waals surface area contributed by atoms with Crippen molar-refractivity contribution in [2.45, 2.75) is 70.3 Å². The highest BCUT2D eigenvalue weighted by molar-refractivity contribution is 5.77. The number of hydrogen-bond donors (Lipinski definition) is 2. The molecule has 4 rings (SSSR count). The van der Waals surface area contributed by atoms with Gasteiger partial charge in [0, 0.05) is 43.6 Å². The molecule has 2 fully saturated rings. The number of H-pyrrole nitrogens is 1. The third-order valence-electron chi connectivity index (χ3n) is 6.57. The molecule has 3 heterocycles. The minimum absolute atomic E-state index is 0.0461. The van der Waals surface area contributed by atoms with E-state index in [1.54, 1.807) is 12.0 Å². The van der Waals surface area contributed by atoms with Crippen LogP contribution >= 0.6 is 0 Å². The molecule has 1 aliphatic carbocycles. The molecule has 2 aliphatic rings. The number of rotatable bonds is 9. The highest BCUT2D eigenvalue weighted by atomic mass is 19.4. The Morgan fingerprint density at radius 2 is 1.84 bits per heavy atom. The maximum Gasteiger partial charge on any atom is 0.423 e. The molecule has 13 heteroatoms. The van der Waals surface area contributed by atoms with Gasteiger partial charge in [-0.15, -0.1) is 0 Å². The van der Waals surface area contributed by atoms with Crippen molar-refractivity contribution in [3.8, 4) is 0 Å². The molecule has 0 aromatic carbocycles. The molecule has 3 unspecified atom stereocenters. The van der Waals surface area contributed by atoms with Crippen LogP contribution in [0.25, 0.3) is 0 Å². The van der Waals surface area contributed by atoms with Gasteiger partial charge in [0.05, 0.1) is 31.5 Å². The first kappa shape index (κ1) is 26.8. The predicted molar refractivity (Wildman–Crippen MR) is 130 cm³/mol. The van der Waals surface area contributed by atoms with Gasteiger partial charge in [0.2, 0.25) is 11.9 Å². The Kier molecular flexibility index (Phi) is 8.00. The molecule has 37 heavy (non-hydrogen) atoms. The molecule has 2 aromatic heterocycles. The van der Waals surface area contributed by atoms with Gasteiger partial charge in [-0.1, -0.05) is 0 Å². The molecule has 1 amide bonds. The van der Waals surface area contributed by atoms with Crippen LogP contribution in [0, 0.1) is 0 Å². The molecule has 0 radical (unpaired) electrons. The Morgan fingerprint density at radius 3 is 2.43 bits per heavy atom. The number of alkyl halides is 3. The van der Waals surface area contributed by atoms with E-state index in [0.29, 0.717) is 25.0 Å². The van der Waals surface area contributed by atoms with Gasteiger partial charge < -0.3 is 19.9 Å². The second kappa shape index (κ2) is 11.0. The summed E-state index contributed by atoms with van der Waals surface area (Å²) in [5.41, 5.74) is -1.90. The lowest BCUT2D eigenvalue weighted by atomic mass is 10.1. The first-order valence-electron chi connectivity index (χ1n) is 12.4. The average Bonchev–Trinajstić information content (AvgIpc) is 3.66. The van der Waals surface area contributed by atoms with Crippen LogP contribution in [-0.4, -0.2) is 75.4 Å². The summed E-state index contributed by atoms with van der Waals surface area (Å²) < 4.78 is 45.1. The second-order valence-corrected chi connectivity index (χ2v) is 9.85. The van der Waals surface area contributed by atoms with Gasteiger partial charge in [-0.2, -0.15) is 18.3 Å². The summed E-state index contributed by atoms with van der Waals surface area (Å²) in [6, 6.07) is -0.645. The van der Waals surface area contributed by atoms with E-state index >= 15 is 0 Å². The number of amides is 1. The third-order valence-corrected chi connectivity index (χ3v) is 6.57. The summed E-state index contributed by atoms with van der Waals surface area (Å²) in [5, 5.41) is 7.84.